The van der Waals surface area contributed by atoms with Crippen LogP contribution in [-0.2, 0) is 0 Å². The van der Waals surface area contributed by atoms with Crippen LogP contribution in [0, 0.1) is 0 Å². The van der Waals surface area contributed by atoms with Crippen molar-refractivity contribution in [3.8, 4) is 11.5 Å². The number of ether oxygens (including phenoxy) is 2. The van der Waals surface area contributed by atoms with Crippen molar-refractivity contribution in [2.75, 3.05) is 6.61 Å². The molecule has 1 aromatic carbocycles. The summed E-state index contributed by atoms with van der Waals surface area (Å²) in [6, 6.07) is 8.00. The van der Waals surface area contributed by atoms with Crippen molar-refractivity contribution in [1.29, 1.82) is 0 Å². The number of pyridine rings is 1. The third-order valence-electron chi connectivity index (χ3n) is 4.12. The van der Waals surface area contributed by atoms with Crippen LogP contribution >= 0.6 is 0 Å². The zero-order chi connectivity index (χ0) is 18.2. The smallest absolute Gasteiger partial charge is 0.251 e. The molecular weight excluding hydrogens is 322 g/mol. The predicted octanol–water partition coefficient (Wildman–Crippen LogP) is 2.53. The van der Waals surface area contributed by atoms with Crippen LogP contribution in [0.25, 0.3) is 5.76 Å². The number of carbonyl (C=O) groups is 1. The number of aromatic nitrogens is 1. The largest absolute Gasteiger partial charge is 0.482 e. The number of benzene rings is 1. The fourth-order valence-electron chi connectivity index (χ4n) is 2.77. The van der Waals surface area contributed by atoms with E-state index in [1.54, 1.807) is 24.3 Å². The second-order valence-electron chi connectivity index (χ2n) is 6.34. The number of H-pyrrole nitrogens is 1. The van der Waals surface area contributed by atoms with Gasteiger partial charge in [-0.2, -0.15) is 0 Å². The summed E-state index contributed by atoms with van der Waals surface area (Å²) >= 11 is 0. The Morgan fingerprint density at radius 1 is 1.28 bits per heavy atom. The second kappa shape index (κ2) is 6.22. The molecule has 0 spiro atoms. The molecule has 2 aromatic rings. The number of Topliss-reactive ketones (excluding diaryl/α,β-unsaturated/α-hetero) is 1. The number of hydrogen-bond donors (Lipinski definition) is 2. The van der Waals surface area contributed by atoms with E-state index in [1.165, 1.54) is 19.2 Å². The van der Waals surface area contributed by atoms with Gasteiger partial charge in [0.25, 0.3) is 5.56 Å². The summed E-state index contributed by atoms with van der Waals surface area (Å²) < 4.78 is 11.9. The SMILES string of the molecule is CC(=O)c1ccc2c(c1)C(Oc1cc[nH]c(=O)c1)=C(CO)C(C)(C)O2. The van der Waals surface area contributed by atoms with E-state index in [-0.39, 0.29) is 17.9 Å². The molecule has 0 atom stereocenters. The monoisotopic (exact) mass is 341 g/mol. The van der Waals surface area contributed by atoms with E-state index in [4.69, 9.17) is 9.47 Å². The molecule has 0 bridgehead atoms. The van der Waals surface area contributed by atoms with Gasteiger partial charge in [-0.25, -0.2) is 0 Å². The summed E-state index contributed by atoms with van der Waals surface area (Å²) in [7, 11) is 0. The van der Waals surface area contributed by atoms with Gasteiger partial charge in [0.1, 0.15) is 22.9 Å². The Hall–Kier alpha value is -2.86. The minimum absolute atomic E-state index is 0.0892. The first kappa shape index (κ1) is 17.0. The highest BCUT2D eigenvalue weighted by atomic mass is 16.5. The maximum atomic E-state index is 11.7. The molecule has 2 N–H and O–H groups in total. The van der Waals surface area contributed by atoms with Crippen LogP contribution in [-0.4, -0.2) is 28.1 Å². The van der Waals surface area contributed by atoms with Gasteiger partial charge in [0, 0.05) is 23.4 Å². The molecule has 0 saturated heterocycles. The van der Waals surface area contributed by atoms with Gasteiger partial charge < -0.3 is 19.6 Å². The molecule has 6 nitrogen and oxygen atoms in total. The van der Waals surface area contributed by atoms with Crippen LogP contribution in [0.15, 0.2) is 46.9 Å². The number of ketones is 1. The lowest BCUT2D eigenvalue weighted by Crippen LogP contribution is -2.37. The van der Waals surface area contributed by atoms with Gasteiger partial charge in [0.15, 0.2) is 5.78 Å². The van der Waals surface area contributed by atoms with Crippen molar-refractivity contribution in [2.24, 2.45) is 0 Å². The van der Waals surface area contributed by atoms with Crippen LogP contribution in [0.4, 0.5) is 0 Å². The highest BCUT2D eigenvalue weighted by molar-refractivity contribution is 5.95. The van der Waals surface area contributed by atoms with Gasteiger partial charge >= 0.3 is 0 Å². The van der Waals surface area contributed by atoms with E-state index >= 15 is 0 Å². The Labute approximate surface area is 144 Å². The molecule has 1 aliphatic rings. The van der Waals surface area contributed by atoms with Crippen LogP contribution < -0.4 is 15.0 Å². The van der Waals surface area contributed by atoms with Crippen molar-refractivity contribution in [3.05, 3.63) is 63.6 Å². The number of aromatic amines is 1. The lowest BCUT2D eigenvalue weighted by atomic mass is 9.90. The van der Waals surface area contributed by atoms with Crippen LogP contribution in [0.2, 0.25) is 0 Å². The maximum Gasteiger partial charge on any atom is 0.251 e. The first-order valence-electron chi connectivity index (χ1n) is 7.87. The molecule has 0 unspecified atom stereocenters. The van der Waals surface area contributed by atoms with Gasteiger partial charge in [0.2, 0.25) is 0 Å². The van der Waals surface area contributed by atoms with Gasteiger partial charge in [-0.15, -0.1) is 0 Å². The van der Waals surface area contributed by atoms with Gasteiger partial charge in [-0.05, 0) is 45.0 Å². The zero-order valence-electron chi connectivity index (χ0n) is 14.3. The average molecular weight is 341 g/mol. The quantitative estimate of drug-likeness (QED) is 0.834. The van der Waals surface area contributed by atoms with Crippen LogP contribution in [0.5, 0.6) is 11.5 Å². The van der Waals surface area contributed by atoms with Crippen LogP contribution in [0.3, 0.4) is 0 Å². The summed E-state index contributed by atoms with van der Waals surface area (Å²) in [4.78, 5) is 25.8. The maximum absolute atomic E-state index is 11.7. The summed E-state index contributed by atoms with van der Waals surface area (Å²) in [6.45, 7) is 4.83. The topological polar surface area (TPSA) is 88.6 Å². The van der Waals surface area contributed by atoms with Crippen LogP contribution in [0.1, 0.15) is 36.7 Å². The zero-order valence-corrected chi connectivity index (χ0v) is 14.3. The summed E-state index contributed by atoms with van der Waals surface area (Å²) in [5.41, 5.74) is 0.507. The summed E-state index contributed by atoms with van der Waals surface area (Å²) in [5, 5.41) is 9.88. The number of rotatable bonds is 4. The Morgan fingerprint density at radius 3 is 2.68 bits per heavy atom. The molecule has 0 amide bonds. The second-order valence-corrected chi connectivity index (χ2v) is 6.34. The number of fused-ring (bicyclic) bond motifs is 1. The molecule has 0 aliphatic carbocycles. The third-order valence-corrected chi connectivity index (χ3v) is 4.12. The van der Waals surface area contributed by atoms with E-state index in [2.05, 4.69) is 4.98 Å². The Balaban J connectivity index is 2.19. The molecule has 0 radical (unpaired) electrons. The number of hydrogen-bond acceptors (Lipinski definition) is 5. The Kier molecular flexibility index (Phi) is 4.22. The fourth-order valence-corrected chi connectivity index (χ4v) is 2.77. The van der Waals surface area contributed by atoms with Gasteiger partial charge in [-0.1, -0.05) is 0 Å². The van der Waals surface area contributed by atoms with E-state index in [1.807, 2.05) is 13.8 Å². The lowest BCUT2D eigenvalue weighted by molar-refractivity contribution is 0.101. The Morgan fingerprint density at radius 2 is 2.04 bits per heavy atom. The van der Waals surface area contributed by atoms with E-state index in [0.717, 1.165) is 0 Å². The number of aliphatic hydroxyl groups is 1. The molecule has 2 heterocycles. The molecular formula is C19H19NO5. The standard InChI is InChI=1S/C19H19NO5/c1-11(22)12-4-5-16-14(8-12)18(15(10-21)19(2,3)25-16)24-13-6-7-20-17(23)9-13/h4-9,21H,10H2,1-3H3,(H,20,23). The molecule has 6 heteroatoms. The fraction of sp³-hybridized carbons (Fsp3) is 0.263. The Bertz CT molecular complexity index is 923. The molecule has 25 heavy (non-hydrogen) atoms. The summed E-state index contributed by atoms with van der Waals surface area (Å²) in [6.07, 6.45) is 1.48. The number of aliphatic hydroxyl groups excluding tert-OH is 1. The van der Waals surface area contributed by atoms with Crippen molar-refractivity contribution in [1.82, 2.24) is 4.98 Å². The van der Waals surface area contributed by atoms with Crippen molar-refractivity contribution in [2.45, 2.75) is 26.4 Å². The highest BCUT2D eigenvalue weighted by Crippen LogP contribution is 2.41. The number of carbonyl (C=O) groups excluding carboxylic acids is 1. The van der Waals surface area contributed by atoms with Gasteiger partial charge in [-0.3, -0.25) is 9.59 Å². The van der Waals surface area contributed by atoms with Crippen molar-refractivity contribution in [3.63, 3.8) is 0 Å². The van der Waals surface area contributed by atoms with E-state index in [0.29, 0.717) is 34.0 Å². The van der Waals surface area contributed by atoms with Gasteiger partial charge in [0.05, 0.1) is 12.2 Å². The predicted molar refractivity (Wildman–Crippen MR) is 92.9 cm³/mol. The highest BCUT2D eigenvalue weighted by Gasteiger charge is 2.36. The van der Waals surface area contributed by atoms with Crippen molar-refractivity contribution < 1.29 is 19.4 Å². The third kappa shape index (κ3) is 3.21. The first-order chi connectivity index (χ1) is 11.8. The molecule has 1 aromatic heterocycles. The number of nitrogens with one attached hydrogen (secondary N) is 1. The molecule has 0 saturated carbocycles. The normalized spacial score (nSPS) is 15.4. The first-order valence-corrected chi connectivity index (χ1v) is 7.87. The molecule has 130 valence electrons. The molecule has 0 fully saturated rings. The van der Waals surface area contributed by atoms with Crippen molar-refractivity contribution >= 4 is 11.5 Å². The molecule has 3 rings (SSSR count). The van der Waals surface area contributed by atoms with E-state index in [9.17, 15) is 14.7 Å². The summed E-state index contributed by atoms with van der Waals surface area (Å²) in [5.74, 6) is 1.18. The van der Waals surface area contributed by atoms with E-state index < -0.39 is 5.60 Å². The molecule has 1 aliphatic heterocycles. The lowest BCUT2D eigenvalue weighted by Gasteiger charge is -2.36. The average Bonchev–Trinajstić information content (AvgIpc) is 2.53. The minimum Gasteiger partial charge on any atom is -0.482 e. The minimum atomic E-state index is -0.796.